The van der Waals surface area contributed by atoms with E-state index in [2.05, 4.69) is 59.4 Å². The van der Waals surface area contributed by atoms with Crippen molar-refractivity contribution >= 4 is 21.6 Å². The van der Waals surface area contributed by atoms with Crippen molar-refractivity contribution in [3.63, 3.8) is 0 Å². The fourth-order valence-electron chi connectivity index (χ4n) is 2.09. The van der Waals surface area contributed by atoms with E-state index in [9.17, 15) is 0 Å². The molecule has 3 heteroatoms. The van der Waals surface area contributed by atoms with Crippen LogP contribution < -0.4 is 10.1 Å². The summed E-state index contributed by atoms with van der Waals surface area (Å²) >= 11 is 3.52. The Morgan fingerprint density at radius 3 is 2.48 bits per heavy atom. The number of para-hydroxylation sites is 1. The van der Waals surface area contributed by atoms with Crippen molar-refractivity contribution < 1.29 is 4.74 Å². The van der Waals surface area contributed by atoms with Gasteiger partial charge in [0.05, 0.1) is 0 Å². The molecular formula is C18H22BrNO. The highest BCUT2D eigenvalue weighted by atomic mass is 79.9. The highest BCUT2D eigenvalue weighted by molar-refractivity contribution is 9.10. The highest BCUT2D eigenvalue weighted by Gasteiger charge is 2.03. The Bertz CT molecular complexity index is 553. The van der Waals surface area contributed by atoms with Gasteiger partial charge < -0.3 is 10.1 Å². The van der Waals surface area contributed by atoms with E-state index in [0.29, 0.717) is 12.5 Å². The average Bonchev–Trinajstić information content (AvgIpc) is 2.53. The van der Waals surface area contributed by atoms with Crippen molar-refractivity contribution in [3.8, 4) is 5.75 Å². The molecule has 0 radical (unpaired) electrons. The number of benzene rings is 2. The molecule has 0 aliphatic heterocycles. The van der Waals surface area contributed by atoms with Crippen LogP contribution in [0.2, 0.25) is 0 Å². The van der Waals surface area contributed by atoms with Gasteiger partial charge >= 0.3 is 0 Å². The van der Waals surface area contributed by atoms with Crippen LogP contribution in [0.25, 0.3) is 0 Å². The Morgan fingerprint density at radius 1 is 1.10 bits per heavy atom. The van der Waals surface area contributed by atoms with Gasteiger partial charge in [-0.3, -0.25) is 0 Å². The first kappa shape index (κ1) is 15.9. The topological polar surface area (TPSA) is 21.3 Å². The lowest BCUT2D eigenvalue weighted by Gasteiger charge is -2.12. The smallest absolute Gasteiger partial charge is 0.119 e. The summed E-state index contributed by atoms with van der Waals surface area (Å²) in [6.07, 6.45) is 1.16. The van der Waals surface area contributed by atoms with Crippen molar-refractivity contribution in [1.82, 2.24) is 0 Å². The summed E-state index contributed by atoms with van der Waals surface area (Å²) in [6.45, 7) is 5.87. The zero-order chi connectivity index (χ0) is 15.1. The maximum Gasteiger partial charge on any atom is 0.119 e. The van der Waals surface area contributed by atoms with Gasteiger partial charge in [-0.1, -0.05) is 38.1 Å². The minimum atomic E-state index is 0.608. The molecule has 0 aromatic heterocycles. The molecule has 1 atom stereocenters. The zero-order valence-electron chi connectivity index (χ0n) is 12.6. The predicted molar refractivity (Wildman–Crippen MR) is 93.3 cm³/mol. The molecule has 0 saturated carbocycles. The third-order valence-corrected chi connectivity index (χ3v) is 4.31. The molecule has 0 spiro atoms. The van der Waals surface area contributed by atoms with Gasteiger partial charge in [-0.15, -0.1) is 0 Å². The van der Waals surface area contributed by atoms with Gasteiger partial charge in [0.2, 0.25) is 0 Å². The van der Waals surface area contributed by atoms with E-state index in [0.717, 1.165) is 28.9 Å². The molecular weight excluding hydrogens is 326 g/mol. The Hall–Kier alpha value is -1.48. The van der Waals surface area contributed by atoms with Crippen LogP contribution in [-0.2, 0) is 0 Å². The van der Waals surface area contributed by atoms with Gasteiger partial charge in [0.25, 0.3) is 0 Å². The number of nitrogens with one attached hydrogen (secondary N) is 1. The number of rotatable bonds is 7. The molecule has 0 aliphatic carbocycles. The van der Waals surface area contributed by atoms with E-state index >= 15 is 0 Å². The number of anilines is 1. The van der Waals surface area contributed by atoms with Crippen LogP contribution in [0.4, 0.5) is 5.69 Å². The number of hydrogen-bond donors (Lipinski definition) is 1. The molecule has 0 fully saturated rings. The molecule has 1 unspecified atom stereocenters. The Kier molecular flexibility index (Phi) is 6.12. The van der Waals surface area contributed by atoms with Crippen LogP contribution in [0, 0.1) is 0 Å². The first-order valence-electron chi connectivity index (χ1n) is 7.42. The van der Waals surface area contributed by atoms with E-state index in [1.54, 1.807) is 0 Å². The maximum absolute atomic E-state index is 5.76. The minimum absolute atomic E-state index is 0.608. The molecule has 2 nitrogen and oxygen atoms in total. The van der Waals surface area contributed by atoms with E-state index < -0.39 is 0 Å². The van der Waals surface area contributed by atoms with Crippen LogP contribution >= 0.6 is 15.9 Å². The predicted octanol–water partition coefficient (Wildman–Crippen LogP) is 5.45. The van der Waals surface area contributed by atoms with Crippen LogP contribution in [0.1, 0.15) is 31.7 Å². The Morgan fingerprint density at radius 2 is 1.81 bits per heavy atom. The monoisotopic (exact) mass is 347 g/mol. The summed E-state index contributed by atoms with van der Waals surface area (Å²) in [5.74, 6) is 1.53. The van der Waals surface area contributed by atoms with Gasteiger partial charge in [-0.05, 0) is 58.1 Å². The molecule has 1 N–H and O–H groups in total. The first-order chi connectivity index (χ1) is 10.2. The fraction of sp³-hybridized carbons (Fsp3) is 0.333. The van der Waals surface area contributed by atoms with Gasteiger partial charge in [0.15, 0.2) is 0 Å². The lowest BCUT2D eigenvalue weighted by molar-refractivity contribution is 0.332. The van der Waals surface area contributed by atoms with Crippen molar-refractivity contribution in [1.29, 1.82) is 0 Å². The van der Waals surface area contributed by atoms with Crippen molar-refractivity contribution in [3.05, 3.63) is 58.6 Å². The molecule has 2 aromatic rings. The van der Waals surface area contributed by atoms with E-state index in [4.69, 9.17) is 4.74 Å². The van der Waals surface area contributed by atoms with E-state index in [-0.39, 0.29) is 0 Å². The fourth-order valence-corrected chi connectivity index (χ4v) is 2.51. The third-order valence-electron chi connectivity index (χ3n) is 3.62. The van der Waals surface area contributed by atoms with E-state index in [1.165, 1.54) is 5.56 Å². The summed E-state index contributed by atoms with van der Waals surface area (Å²) in [6, 6.07) is 16.5. The third kappa shape index (κ3) is 4.78. The van der Waals surface area contributed by atoms with Crippen LogP contribution in [0.15, 0.2) is 53.0 Å². The summed E-state index contributed by atoms with van der Waals surface area (Å²) in [4.78, 5) is 0. The molecule has 21 heavy (non-hydrogen) atoms. The first-order valence-corrected chi connectivity index (χ1v) is 8.21. The molecule has 0 amide bonds. The molecule has 0 bridgehead atoms. The Balaban J connectivity index is 1.77. The van der Waals surface area contributed by atoms with Gasteiger partial charge in [0.1, 0.15) is 12.4 Å². The lowest BCUT2D eigenvalue weighted by atomic mass is 9.99. The standard InChI is InChI=1S/C18H22BrNO/c1-3-14(2)15-8-10-16(11-9-15)21-13-12-20-18-7-5-4-6-17(18)19/h4-11,14,20H,3,12-13H2,1-2H3. The highest BCUT2D eigenvalue weighted by Crippen LogP contribution is 2.22. The quantitative estimate of drug-likeness (QED) is 0.672. The molecule has 0 aliphatic rings. The number of halogens is 1. The molecule has 2 rings (SSSR count). The minimum Gasteiger partial charge on any atom is -0.492 e. The second-order valence-corrected chi connectivity index (χ2v) is 5.99. The van der Waals surface area contributed by atoms with Crippen LogP contribution in [0.3, 0.4) is 0 Å². The van der Waals surface area contributed by atoms with E-state index in [1.807, 2.05) is 24.3 Å². The zero-order valence-corrected chi connectivity index (χ0v) is 14.2. The van der Waals surface area contributed by atoms with Gasteiger partial charge in [-0.25, -0.2) is 0 Å². The van der Waals surface area contributed by atoms with Crippen molar-refractivity contribution in [2.45, 2.75) is 26.2 Å². The second kappa shape index (κ2) is 8.08. The summed E-state index contributed by atoms with van der Waals surface area (Å²) in [7, 11) is 0. The lowest BCUT2D eigenvalue weighted by Crippen LogP contribution is -2.11. The van der Waals surface area contributed by atoms with Crippen molar-refractivity contribution in [2.75, 3.05) is 18.5 Å². The summed E-state index contributed by atoms with van der Waals surface area (Å²) < 4.78 is 6.83. The average molecular weight is 348 g/mol. The maximum atomic E-state index is 5.76. The normalized spacial score (nSPS) is 12.0. The van der Waals surface area contributed by atoms with Gasteiger partial charge in [-0.2, -0.15) is 0 Å². The number of hydrogen-bond acceptors (Lipinski definition) is 2. The SMILES string of the molecule is CCC(C)c1ccc(OCCNc2ccccc2Br)cc1. The Labute approximate surface area is 135 Å². The molecule has 2 aromatic carbocycles. The number of ether oxygens (including phenoxy) is 1. The summed E-state index contributed by atoms with van der Waals surface area (Å²) in [5.41, 5.74) is 2.46. The summed E-state index contributed by atoms with van der Waals surface area (Å²) in [5, 5.41) is 3.35. The molecule has 0 saturated heterocycles. The van der Waals surface area contributed by atoms with Gasteiger partial charge in [0, 0.05) is 16.7 Å². The molecule has 112 valence electrons. The molecule has 0 heterocycles. The second-order valence-electron chi connectivity index (χ2n) is 5.13. The van der Waals surface area contributed by atoms with Crippen molar-refractivity contribution in [2.24, 2.45) is 0 Å². The van der Waals surface area contributed by atoms with Crippen LogP contribution in [0.5, 0.6) is 5.75 Å². The van der Waals surface area contributed by atoms with Crippen LogP contribution in [-0.4, -0.2) is 13.2 Å². The largest absolute Gasteiger partial charge is 0.492 e.